The zero-order chi connectivity index (χ0) is 15.4. The number of hydrogen-bond donors (Lipinski definition) is 2. The summed E-state index contributed by atoms with van der Waals surface area (Å²) < 4.78 is -0.202. The van der Waals surface area contributed by atoms with Crippen LogP contribution in [0.3, 0.4) is 0 Å². The molecule has 2 N–H and O–H groups in total. The normalized spacial score (nSPS) is 16.8. The third-order valence-electron chi connectivity index (χ3n) is 2.57. The van der Waals surface area contributed by atoms with Gasteiger partial charge in [0.1, 0.15) is 5.57 Å². The SMILES string of the molecule is CC(=O)C(C(=O)NCc1ccccn1)=C1SC(C(=O)O)S1. The van der Waals surface area contributed by atoms with Crippen LogP contribution in [-0.2, 0) is 20.9 Å². The van der Waals surface area contributed by atoms with Gasteiger partial charge >= 0.3 is 5.97 Å². The van der Waals surface area contributed by atoms with Crippen molar-refractivity contribution in [2.75, 3.05) is 0 Å². The lowest BCUT2D eigenvalue weighted by atomic mass is 10.2. The van der Waals surface area contributed by atoms with Crippen molar-refractivity contribution in [3.8, 4) is 0 Å². The van der Waals surface area contributed by atoms with Gasteiger partial charge in [-0.2, -0.15) is 0 Å². The Morgan fingerprint density at radius 1 is 1.33 bits per heavy atom. The third kappa shape index (κ3) is 3.85. The molecule has 6 nitrogen and oxygen atoms in total. The largest absolute Gasteiger partial charge is 0.480 e. The van der Waals surface area contributed by atoms with Crippen LogP contribution in [0.15, 0.2) is 34.2 Å². The number of aromatic nitrogens is 1. The van der Waals surface area contributed by atoms with E-state index in [0.29, 0.717) is 9.93 Å². The van der Waals surface area contributed by atoms with Gasteiger partial charge in [-0.15, -0.1) is 0 Å². The number of aliphatic carboxylic acids is 1. The zero-order valence-electron chi connectivity index (χ0n) is 11.0. The van der Waals surface area contributed by atoms with Crippen molar-refractivity contribution in [2.45, 2.75) is 18.1 Å². The number of carboxylic acids is 1. The van der Waals surface area contributed by atoms with Gasteiger partial charge in [0.15, 0.2) is 10.4 Å². The minimum atomic E-state index is -0.967. The molecule has 2 rings (SSSR count). The summed E-state index contributed by atoms with van der Waals surface area (Å²) in [6.07, 6.45) is 1.61. The molecule has 1 aliphatic heterocycles. The fourth-order valence-corrected chi connectivity index (χ4v) is 3.76. The van der Waals surface area contributed by atoms with Crippen molar-refractivity contribution in [2.24, 2.45) is 0 Å². The predicted molar refractivity (Wildman–Crippen MR) is 80.4 cm³/mol. The Labute approximate surface area is 129 Å². The highest BCUT2D eigenvalue weighted by atomic mass is 32.3. The summed E-state index contributed by atoms with van der Waals surface area (Å²) in [5, 5.41) is 11.4. The lowest BCUT2D eigenvalue weighted by molar-refractivity contribution is -0.134. The fraction of sp³-hybridized carbons (Fsp3) is 0.231. The maximum absolute atomic E-state index is 12.1. The molecular weight excluding hydrogens is 312 g/mol. The molecule has 0 bridgehead atoms. The summed E-state index contributed by atoms with van der Waals surface area (Å²) in [7, 11) is 0. The molecule has 8 heteroatoms. The number of thioether (sulfide) groups is 2. The van der Waals surface area contributed by atoms with Crippen molar-refractivity contribution in [1.82, 2.24) is 10.3 Å². The summed E-state index contributed by atoms with van der Waals surface area (Å²) in [5.74, 6) is -1.86. The second kappa shape index (κ2) is 6.77. The van der Waals surface area contributed by atoms with Crippen LogP contribution >= 0.6 is 23.5 Å². The van der Waals surface area contributed by atoms with E-state index in [-0.39, 0.29) is 17.9 Å². The third-order valence-corrected chi connectivity index (χ3v) is 5.39. The molecule has 0 aromatic carbocycles. The molecule has 21 heavy (non-hydrogen) atoms. The average molecular weight is 324 g/mol. The highest BCUT2D eigenvalue weighted by molar-refractivity contribution is 8.39. The first kappa shape index (κ1) is 15.6. The lowest BCUT2D eigenvalue weighted by Gasteiger charge is -2.25. The van der Waals surface area contributed by atoms with Crippen LogP contribution in [0.1, 0.15) is 12.6 Å². The molecule has 0 atom stereocenters. The molecule has 1 amide bonds. The number of nitrogens with one attached hydrogen (secondary N) is 1. The van der Waals surface area contributed by atoms with Gasteiger partial charge in [-0.1, -0.05) is 29.6 Å². The molecule has 0 spiro atoms. The number of amides is 1. The van der Waals surface area contributed by atoms with Crippen molar-refractivity contribution in [1.29, 1.82) is 0 Å². The maximum atomic E-state index is 12.1. The smallest absolute Gasteiger partial charge is 0.327 e. The molecule has 2 heterocycles. The van der Waals surface area contributed by atoms with Crippen LogP contribution in [-0.4, -0.2) is 32.3 Å². The predicted octanol–water partition coefficient (Wildman–Crippen LogP) is 1.39. The molecule has 1 saturated heterocycles. The van der Waals surface area contributed by atoms with Crippen LogP contribution in [0.4, 0.5) is 0 Å². The van der Waals surface area contributed by atoms with Crippen molar-refractivity contribution in [3.63, 3.8) is 0 Å². The number of pyridine rings is 1. The van der Waals surface area contributed by atoms with Crippen LogP contribution in [0.25, 0.3) is 0 Å². The number of carbonyl (C=O) groups is 3. The van der Waals surface area contributed by atoms with Gasteiger partial charge in [0.25, 0.3) is 5.91 Å². The van der Waals surface area contributed by atoms with E-state index >= 15 is 0 Å². The van der Waals surface area contributed by atoms with Crippen molar-refractivity contribution < 1.29 is 19.5 Å². The Balaban J connectivity index is 2.03. The van der Waals surface area contributed by atoms with Crippen LogP contribution in [0, 0.1) is 0 Å². The van der Waals surface area contributed by atoms with Gasteiger partial charge in [-0.05, 0) is 19.1 Å². The van der Waals surface area contributed by atoms with Gasteiger partial charge in [-0.3, -0.25) is 19.4 Å². The van der Waals surface area contributed by atoms with Crippen LogP contribution in [0.2, 0.25) is 0 Å². The molecule has 0 aliphatic carbocycles. The van der Waals surface area contributed by atoms with Crippen molar-refractivity contribution in [3.05, 3.63) is 39.9 Å². The topological polar surface area (TPSA) is 96.4 Å². The van der Waals surface area contributed by atoms with E-state index < -0.39 is 16.5 Å². The summed E-state index contributed by atoms with van der Waals surface area (Å²) in [6.45, 7) is 1.50. The average Bonchev–Trinajstić information content (AvgIpc) is 2.39. The molecule has 1 aromatic rings. The summed E-state index contributed by atoms with van der Waals surface area (Å²) >= 11 is 2.03. The zero-order valence-corrected chi connectivity index (χ0v) is 12.7. The Morgan fingerprint density at radius 3 is 2.57 bits per heavy atom. The van der Waals surface area contributed by atoms with Gasteiger partial charge in [0, 0.05) is 6.20 Å². The van der Waals surface area contributed by atoms with E-state index in [2.05, 4.69) is 10.3 Å². The lowest BCUT2D eigenvalue weighted by Crippen LogP contribution is -2.30. The van der Waals surface area contributed by atoms with E-state index in [4.69, 9.17) is 5.11 Å². The number of nitrogens with zero attached hydrogens (tertiary/aromatic N) is 1. The molecule has 0 saturated carbocycles. The second-order valence-corrected chi connectivity index (χ2v) is 6.92. The molecule has 110 valence electrons. The van der Waals surface area contributed by atoms with Crippen LogP contribution < -0.4 is 5.32 Å². The van der Waals surface area contributed by atoms with Gasteiger partial charge < -0.3 is 10.4 Å². The first-order chi connectivity index (χ1) is 9.99. The Bertz CT molecular complexity index is 608. The summed E-state index contributed by atoms with van der Waals surface area (Å²) in [4.78, 5) is 38.5. The van der Waals surface area contributed by atoms with Crippen molar-refractivity contribution >= 4 is 41.2 Å². The quantitative estimate of drug-likeness (QED) is 0.480. The Kier molecular flexibility index (Phi) is 5.03. The number of ketones is 1. The second-order valence-electron chi connectivity index (χ2n) is 4.13. The minimum absolute atomic E-state index is 0.0124. The molecule has 1 aromatic heterocycles. The monoisotopic (exact) mass is 324 g/mol. The van der Waals surface area contributed by atoms with Gasteiger partial charge in [0.2, 0.25) is 0 Å². The first-order valence-electron chi connectivity index (χ1n) is 5.98. The summed E-state index contributed by atoms with van der Waals surface area (Å²) in [6, 6.07) is 5.32. The molecule has 0 unspecified atom stereocenters. The minimum Gasteiger partial charge on any atom is -0.480 e. The number of hydrogen-bond acceptors (Lipinski definition) is 6. The first-order valence-corrected chi connectivity index (χ1v) is 7.74. The molecule has 0 radical (unpaired) electrons. The molecular formula is C13H12N2O4S2. The van der Waals surface area contributed by atoms with E-state index in [1.54, 1.807) is 24.4 Å². The van der Waals surface area contributed by atoms with E-state index in [9.17, 15) is 14.4 Å². The molecule has 1 aliphatic rings. The number of carbonyl (C=O) groups excluding carboxylic acids is 2. The number of carboxylic acid groups (broad SMARTS) is 1. The van der Waals surface area contributed by atoms with E-state index in [1.807, 2.05) is 0 Å². The maximum Gasteiger partial charge on any atom is 0.327 e. The molecule has 1 fully saturated rings. The van der Waals surface area contributed by atoms with E-state index in [1.165, 1.54) is 6.92 Å². The standard InChI is InChI=1S/C13H12N2O4S2/c1-7(16)9(12-20-13(21-12)11(18)19)10(17)15-6-8-4-2-3-5-14-8/h2-5,13H,6H2,1H3,(H,15,17)(H,18,19). The number of rotatable bonds is 5. The number of Topliss-reactive ketones (excluding diaryl/α,β-unsaturated/α-hetero) is 1. The van der Waals surface area contributed by atoms with Crippen LogP contribution in [0.5, 0.6) is 0 Å². The van der Waals surface area contributed by atoms with Gasteiger partial charge in [0.05, 0.1) is 16.5 Å². The Morgan fingerprint density at radius 2 is 2.05 bits per heavy atom. The highest BCUT2D eigenvalue weighted by Crippen LogP contribution is 2.52. The van der Waals surface area contributed by atoms with Gasteiger partial charge in [-0.25, -0.2) is 0 Å². The highest BCUT2D eigenvalue weighted by Gasteiger charge is 2.36. The summed E-state index contributed by atoms with van der Waals surface area (Å²) in [5.41, 5.74) is 0.689. The fourth-order valence-electron chi connectivity index (χ4n) is 1.58. The van der Waals surface area contributed by atoms with E-state index in [0.717, 1.165) is 23.5 Å². The Hall–Kier alpha value is -1.80.